The largest absolute Gasteiger partial charge is 0.393 e. The van der Waals surface area contributed by atoms with E-state index in [-0.39, 0.29) is 11.9 Å². The summed E-state index contributed by atoms with van der Waals surface area (Å²) >= 11 is 3.32. The zero-order chi connectivity index (χ0) is 18.4. The summed E-state index contributed by atoms with van der Waals surface area (Å²) in [6.07, 6.45) is 7.30. The van der Waals surface area contributed by atoms with Crippen molar-refractivity contribution >= 4 is 21.6 Å². The Bertz CT molecular complexity index is 566. The first-order valence-corrected chi connectivity index (χ1v) is 10.8. The highest BCUT2D eigenvalue weighted by Gasteiger charge is 2.22. The predicted molar refractivity (Wildman–Crippen MR) is 108 cm³/mol. The van der Waals surface area contributed by atoms with Crippen molar-refractivity contribution in [2.24, 2.45) is 0 Å². The van der Waals surface area contributed by atoms with Gasteiger partial charge in [0.2, 0.25) is 0 Å². The van der Waals surface area contributed by atoms with Gasteiger partial charge in [-0.2, -0.15) is 0 Å². The Morgan fingerprint density at radius 2 is 1.81 bits per heavy atom. The first-order valence-electron chi connectivity index (χ1n) is 9.96. The van der Waals surface area contributed by atoms with Gasteiger partial charge in [-0.15, -0.1) is 0 Å². The van der Waals surface area contributed by atoms with Crippen LogP contribution in [-0.4, -0.2) is 49.5 Å². The monoisotopic (exact) mass is 427 g/mol. The van der Waals surface area contributed by atoms with Crippen LogP contribution in [-0.2, 0) is 0 Å². The van der Waals surface area contributed by atoms with Crippen molar-refractivity contribution < 1.29 is 9.50 Å². The molecule has 1 heterocycles. The first-order chi connectivity index (χ1) is 12.6. The molecule has 146 valence electrons. The number of aliphatic hydroxyl groups is 1. The first kappa shape index (κ1) is 20.1. The van der Waals surface area contributed by atoms with Crippen molar-refractivity contribution in [2.75, 3.05) is 31.1 Å². The number of hydrogen-bond acceptors (Lipinski definition) is 4. The molecule has 1 aliphatic heterocycles. The lowest BCUT2D eigenvalue weighted by molar-refractivity contribution is 0.117. The molecule has 2 aliphatic rings. The fourth-order valence-electron chi connectivity index (χ4n) is 4.08. The van der Waals surface area contributed by atoms with Gasteiger partial charge in [-0.1, -0.05) is 15.9 Å². The van der Waals surface area contributed by atoms with Gasteiger partial charge in [-0.25, -0.2) is 4.39 Å². The Morgan fingerprint density at radius 3 is 2.54 bits per heavy atom. The molecule has 4 nitrogen and oxygen atoms in total. The van der Waals surface area contributed by atoms with Crippen LogP contribution in [0.15, 0.2) is 22.7 Å². The highest BCUT2D eigenvalue weighted by molar-refractivity contribution is 9.10. The molecule has 1 aromatic carbocycles. The molecule has 0 aromatic heterocycles. The van der Waals surface area contributed by atoms with Gasteiger partial charge in [-0.05, 0) is 76.2 Å². The molecule has 0 unspecified atom stereocenters. The van der Waals surface area contributed by atoms with E-state index < -0.39 is 0 Å². The Kier molecular flexibility index (Phi) is 7.73. The molecule has 0 amide bonds. The summed E-state index contributed by atoms with van der Waals surface area (Å²) in [7, 11) is 0. The van der Waals surface area contributed by atoms with Crippen LogP contribution in [0.4, 0.5) is 10.1 Å². The van der Waals surface area contributed by atoms with Gasteiger partial charge in [0.15, 0.2) is 0 Å². The molecule has 26 heavy (non-hydrogen) atoms. The van der Waals surface area contributed by atoms with Crippen molar-refractivity contribution in [3.8, 4) is 0 Å². The minimum atomic E-state index is -0.151. The fourth-order valence-corrected chi connectivity index (χ4v) is 4.41. The fraction of sp³-hybridized carbons (Fsp3) is 0.700. The molecular weight excluding hydrogens is 397 g/mol. The van der Waals surface area contributed by atoms with Gasteiger partial charge in [0.1, 0.15) is 5.82 Å². The number of rotatable bonds is 7. The second-order valence-corrected chi connectivity index (χ2v) is 8.56. The van der Waals surface area contributed by atoms with Crippen LogP contribution in [0.2, 0.25) is 0 Å². The molecule has 0 radical (unpaired) electrons. The van der Waals surface area contributed by atoms with E-state index in [1.54, 1.807) is 6.07 Å². The van der Waals surface area contributed by atoms with Gasteiger partial charge < -0.3 is 20.6 Å². The average molecular weight is 428 g/mol. The summed E-state index contributed by atoms with van der Waals surface area (Å²) < 4.78 is 15.0. The van der Waals surface area contributed by atoms with Gasteiger partial charge in [0.25, 0.3) is 0 Å². The van der Waals surface area contributed by atoms with Gasteiger partial charge in [0.05, 0.1) is 11.8 Å². The standard InChI is InChI=1S/C20H31BrFN3O/c21-15-4-9-20(19(22)13-15)25-12-1-3-17(14-25)24-11-2-10-23-16-5-7-18(26)8-6-16/h4,9,13,16-18,23-24,26H,1-3,5-8,10-12,14H2/t16?,17-,18?/m0/s1. The van der Waals surface area contributed by atoms with Crippen LogP contribution in [0.25, 0.3) is 0 Å². The third-order valence-electron chi connectivity index (χ3n) is 5.59. The molecule has 1 saturated heterocycles. The number of piperidine rings is 1. The van der Waals surface area contributed by atoms with E-state index >= 15 is 0 Å². The van der Waals surface area contributed by atoms with E-state index in [9.17, 15) is 9.50 Å². The molecule has 1 aliphatic carbocycles. The number of aliphatic hydroxyl groups excluding tert-OH is 1. The summed E-state index contributed by atoms with van der Waals surface area (Å²) in [5.41, 5.74) is 0.709. The lowest BCUT2D eigenvalue weighted by Gasteiger charge is -2.35. The number of nitrogens with one attached hydrogen (secondary N) is 2. The van der Waals surface area contributed by atoms with Gasteiger partial charge in [0, 0.05) is 29.6 Å². The minimum absolute atomic E-state index is 0.0838. The molecule has 1 saturated carbocycles. The second-order valence-electron chi connectivity index (χ2n) is 7.65. The molecule has 0 bridgehead atoms. The summed E-state index contributed by atoms with van der Waals surface area (Å²) in [6.45, 7) is 3.80. The van der Waals surface area contributed by atoms with E-state index in [1.807, 2.05) is 12.1 Å². The Hall–Kier alpha value is -0.690. The van der Waals surface area contributed by atoms with E-state index in [0.717, 1.165) is 75.6 Å². The average Bonchev–Trinajstić information content (AvgIpc) is 2.63. The third kappa shape index (κ3) is 5.91. The van der Waals surface area contributed by atoms with E-state index in [2.05, 4.69) is 31.5 Å². The maximum absolute atomic E-state index is 14.2. The van der Waals surface area contributed by atoms with E-state index in [4.69, 9.17) is 0 Å². The lowest BCUT2D eigenvalue weighted by atomic mass is 9.93. The topological polar surface area (TPSA) is 47.5 Å². The van der Waals surface area contributed by atoms with Crippen LogP contribution >= 0.6 is 15.9 Å². The lowest BCUT2D eigenvalue weighted by Crippen LogP contribution is -2.46. The normalized spacial score (nSPS) is 26.9. The molecule has 2 fully saturated rings. The van der Waals surface area contributed by atoms with Crippen LogP contribution in [0.3, 0.4) is 0 Å². The summed E-state index contributed by atoms with van der Waals surface area (Å²) in [4.78, 5) is 2.16. The number of hydrogen-bond donors (Lipinski definition) is 3. The molecule has 6 heteroatoms. The van der Waals surface area contributed by atoms with E-state index in [0.29, 0.717) is 17.8 Å². The van der Waals surface area contributed by atoms with Crippen LogP contribution in [0, 0.1) is 5.82 Å². The maximum Gasteiger partial charge on any atom is 0.147 e. The molecular formula is C20H31BrFN3O. The summed E-state index contributed by atoms with van der Waals surface area (Å²) in [5.74, 6) is -0.151. The summed E-state index contributed by atoms with van der Waals surface area (Å²) in [6, 6.07) is 6.32. The number of anilines is 1. The molecule has 0 spiro atoms. The van der Waals surface area contributed by atoms with Crippen molar-refractivity contribution in [3.05, 3.63) is 28.5 Å². The van der Waals surface area contributed by atoms with Crippen LogP contribution in [0.5, 0.6) is 0 Å². The zero-order valence-corrected chi connectivity index (χ0v) is 17.0. The van der Waals surface area contributed by atoms with E-state index in [1.165, 1.54) is 0 Å². The molecule has 3 N–H and O–H groups in total. The van der Waals surface area contributed by atoms with Crippen LogP contribution < -0.4 is 15.5 Å². The van der Waals surface area contributed by atoms with Crippen LogP contribution in [0.1, 0.15) is 44.9 Å². The van der Waals surface area contributed by atoms with Crippen molar-refractivity contribution in [3.63, 3.8) is 0 Å². The quantitative estimate of drug-likeness (QED) is 0.583. The van der Waals surface area contributed by atoms with Crippen molar-refractivity contribution in [1.82, 2.24) is 10.6 Å². The Morgan fingerprint density at radius 1 is 1.08 bits per heavy atom. The molecule has 3 rings (SSSR count). The predicted octanol–water partition coefficient (Wildman–Crippen LogP) is 3.43. The highest BCUT2D eigenvalue weighted by Crippen LogP contribution is 2.26. The molecule has 1 atom stereocenters. The van der Waals surface area contributed by atoms with Crippen molar-refractivity contribution in [1.29, 1.82) is 0 Å². The Balaban J connectivity index is 1.35. The highest BCUT2D eigenvalue weighted by atomic mass is 79.9. The summed E-state index contributed by atoms with van der Waals surface area (Å²) in [5, 5.41) is 16.8. The molecule has 1 aromatic rings. The van der Waals surface area contributed by atoms with Gasteiger partial charge >= 0.3 is 0 Å². The maximum atomic E-state index is 14.2. The van der Waals surface area contributed by atoms with Crippen molar-refractivity contribution in [2.45, 2.75) is 63.1 Å². The van der Waals surface area contributed by atoms with Gasteiger partial charge in [-0.3, -0.25) is 0 Å². The SMILES string of the molecule is OC1CCC(NCCCN[C@H]2CCCN(c3ccc(Br)cc3F)C2)CC1. The minimum Gasteiger partial charge on any atom is -0.393 e. The third-order valence-corrected chi connectivity index (χ3v) is 6.08. The second kappa shape index (κ2) is 10.0. The Labute approximate surface area is 164 Å². The zero-order valence-electron chi connectivity index (χ0n) is 15.4. The number of halogens is 2. The number of benzene rings is 1. The number of nitrogens with zero attached hydrogens (tertiary/aromatic N) is 1. The smallest absolute Gasteiger partial charge is 0.147 e.